The second kappa shape index (κ2) is 7.54. The van der Waals surface area contributed by atoms with Crippen LogP contribution in [0.3, 0.4) is 0 Å². The first-order valence-corrected chi connectivity index (χ1v) is 8.18. The van der Waals surface area contributed by atoms with E-state index < -0.39 is 0 Å². The summed E-state index contributed by atoms with van der Waals surface area (Å²) < 4.78 is 16.8. The van der Waals surface area contributed by atoms with Crippen LogP contribution < -0.4 is 5.32 Å². The van der Waals surface area contributed by atoms with E-state index in [1.54, 1.807) is 0 Å². The highest BCUT2D eigenvalue weighted by molar-refractivity contribution is 5.78. The fourth-order valence-electron chi connectivity index (χ4n) is 3.39. The summed E-state index contributed by atoms with van der Waals surface area (Å²) in [6.07, 6.45) is 5.57. The fraction of sp³-hybridized carbons (Fsp3) is 0.933. The third kappa shape index (κ3) is 4.16. The zero-order chi connectivity index (χ0) is 14.5. The van der Waals surface area contributed by atoms with Gasteiger partial charge in [-0.2, -0.15) is 0 Å². The topological polar surface area (TPSA) is 60.0 Å². The van der Waals surface area contributed by atoms with Gasteiger partial charge in [0.15, 0.2) is 6.29 Å². The number of hydrogen-bond acceptors (Lipinski definition) is 5. The Morgan fingerprint density at radius 1 is 1.05 bits per heavy atom. The molecule has 6 nitrogen and oxygen atoms in total. The number of likely N-dealkylation sites (tertiary alicyclic amines) is 1. The van der Waals surface area contributed by atoms with Crippen molar-refractivity contribution in [2.45, 2.75) is 50.5 Å². The Balaban J connectivity index is 1.45. The Labute approximate surface area is 126 Å². The minimum absolute atomic E-state index is 0.0791. The normalized spacial score (nSPS) is 31.6. The predicted octanol–water partition coefficient (Wildman–Crippen LogP) is 0.509. The van der Waals surface area contributed by atoms with E-state index in [9.17, 15) is 4.79 Å². The molecule has 6 heteroatoms. The van der Waals surface area contributed by atoms with Crippen molar-refractivity contribution >= 4 is 5.91 Å². The van der Waals surface area contributed by atoms with Crippen molar-refractivity contribution in [1.29, 1.82) is 0 Å². The largest absolute Gasteiger partial charge is 0.376 e. The molecule has 3 aliphatic rings. The molecule has 3 heterocycles. The number of carbonyl (C=O) groups is 1. The summed E-state index contributed by atoms with van der Waals surface area (Å²) in [5.41, 5.74) is 0. The maximum atomic E-state index is 12.1. The summed E-state index contributed by atoms with van der Waals surface area (Å²) in [4.78, 5) is 14.4. The summed E-state index contributed by atoms with van der Waals surface area (Å²) in [6, 6.07) is 0.217. The molecule has 0 saturated carbocycles. The number of nitrogens with one attached hydrogen (secondary N) is 1. The van der Waals surface area contributed by atoms with Crippen molar-refractivity contribution < 1.29 is 19.0 Å². The molecule has 120 valence electrons. The van der Waals surface area contributed by atoms with Crippen LogP contribution in [0.25, 0.3) is 0 Å². The number of piperidine rings is 1. The van der Waals surface area contributed by atoms with Gasteiger partial charge in [0, 0.05) is 13.2 Å². The lowest BCUT2D eigenvalue weighted by Crippen LogP contribution is -2.51. The molecule has 0 bridgehead atoms. The van der Waals surface area contributed by atoms with Gasteiger partial charge in [0.1, 0.15) is 0 Å². The molecule has 2 atom stereocenters. The van der Waals surface area contributed by atoms with E-state index >= 15 is 0 Å². The zero-order valence-electron chi connectivity index (χ0n) is 12.6. The third-order valence-corrected chi connectivity index (χ3v) is 4.52. The van der Waals surface area contributed by atoms with E-state index in [2.05, 4.69) is 10.2 Å². The highest BCUT2D eigenvalue weighted by atomic mass is 16.7. The monoisotopic (exact) mass is 298 g/mol. The van der Waals surface area contributed by atoms with E-state index in [1.165, 1.54) is 6.42 Å². The van der Waals surface area contributed by atoms with Crippen LogP contribution in [-0.4, -0.2) is 68.7 Å². The summed E-state index contributed by atoms with van der Waals surface area (Å²) in [5, 5.41) is 3.00. The van der Waals surface area contributed by atoms with Crippen LogP contribution in [-0.2, 0) is 19.0 Å². The van der Waals surface area contributed by atoms with Gasteiger partial charge in [0.25, 0.3) is 0 Å². The van der Waals surface area contributed by atoms with Crippen molar-refractivity contribution in [3.8, 4) is 0 Å². The second-order valence-electron chi connectivity index (χ2n) is 6.08. The Bertz CT molecular complexity index is 341. The summed E-state index contributed by atoms with van der Waals surface area (Å²) >= 11 is 0. The molecule has 0 aromatic rings. The first-order valence-electron chi connectivity index (χ1n) is 8.18. The van der Waals surface area contributed by atoms with Crippen LogP contribution in [0.2, 0.25) is 0 Å². The molecular formula is C15H26N2O4. The van der Waals surface area contributed by atoms with Crippen LogP contribution in [0.1, 0.15) is 32.1 Å². The molecule has 3 fully saturated rings. The molecule has 1 amide bonds. The number of nitrogens with zero attached hydrogens (tertiary/aromatic N) is 1. The minimum Gasteiger partial charge on any atom is -0.376 e. The minimum atomic E-state index is -0.156. The summed E-state index contributed by atoms with van der Waals surface area (Å²) in [6.45, 7) is 4.17. The van der Waals surface area contributed by atoms with Crippen molar-refractivity contribution in [2.75, 3.05) is 39.5 Å². The number of ether oxygens (including phenoxy) is 3. The van der Waals surface area contributed by atoms with Gasteiger partial charge in [-0.15, -0.1) is 0 Å². The van der Waals surface area contributed by atoms with Crippen LogP contribution in [0.4, 0.5) is 0 Å². The Morgan fingerprint density at radius 3 is 2.67 bits per heavy atom. The maximum Gasteiger partial charge on any atom is 0.234 e. The quantitative estimate of drug-likeness (QED) is 0.801. The first kappa shape index (κ1) is 15.2. The SMILES string of the molecule is O=C(CN1CCCCC1C1OCCO1)NCC1CCCO1. The van der Waals surface area contributed by atoms with Crippen LogP contribution >= 0.6 is 0 Å². The number of hydrogen-bond donors (Lipinski definition) is 1. The van der Waals surface area contributed by atoms with Crippen LogP contribution in [0.5, 0.6) is 0 Å². The molecule has 3 aliphatic heterocycles. The zero-order valence-corrected chi connectivity index (χ0v) is 12.6. The molecule has 0 radical (unpaired) electrons. The Hall–Kier alpha value is -0.690. The summed E-state index contributed by atoms with van der Waals surface area (Å²) in [5.74, 6) is 0.0791. The number of carbonyl (C=O) groups excluding carboxylic acids is 1. The predicted molar refractivity (Wildman–Crippen MR) is 76.9 cm³/mol. The van der Waals surface area contributed by atoms with E-state index in [0.29, 0.717) is 26.3 Å². The number of amides is 1. The fourth-order valence-corrected chi connectivity index (χ4v) is 3.39. The smallest absolute Gasteiger partial charge is 0.234 e. The lowest BCUT2D eigenvalue weighted by Gasteiger charge is -2.37. The summed E-state index contributed by atoms with van der Waals surface area (Å²) in [7, 11) is 0. The number of rotatable bonds is 5. The van der Waals surface area contributed by atoms with E-state index in [4.69, 9.17) is 14.2 Å². The molecule has 1 N–H and O–H groups in total. The highest BCUT2D eigenvalue weighted by Crippen LogP contribution is 2.24. The van der Waals surface area contributed by atoms with Crippen LogP contribution in [0.15, 0.2) is 0 Å². The average molecular weight is 298 g/mol. The molecule has 0 aromatic heterocycles. The van der Waals surface area contributed by atoms with Crippen LogP contribution in [0, 0.1) is 0 Å². The highest BCUT2D eigenvalue weighted by Gasteiger charge is 2.34. The maximum absolute atomic E-state index is 12.1. The lowest BCUT2D eigenvalue weighted by molar-refractivity contribution is -0.131. The second-order valence-corrected chi connectivity index (χ2v) is 6.08. The Kier molecular flexibility index (Phi) is 5.46. The van der Waals surface area contributed by atoms with E-state index in [-0.39, 0.29) is 24.3 Å². The molecule has 21 heavy (non-hydrogen) atoms. The van der Waals surface area contributed by atoms with Crippen molar-refractivity contribution in [3.05, 3.63) is 0 Å². The van der Waals surface area contributed by atoms with Gasteiger partial charge < -0.3 is 19.5 Å². The average Bonchev–Trinajstić information content (AvgIpc) is 3.19. The molecule has 2 unspecified atom stereocenters. The van der Waals surface area contributed by atoms with Crippen molar-refractivity contribution in [1.82, 2.24) is 10.2 Å². The molecular weight excluding hydrogens is 272 g/mol. The molecule has 0 aliphatic carbocycles. The van der Waals surface area contributed by atoms with E-state index in [1.807, 2.05) is 0 Å². The van der Waals surface area contributed by atoms with Gasteiger partial charge in [-0.05, 0) is 32.2 Å². The third-order valence-electron chi connectivity index (χ3n) is 4.52. The van der Waals surface area contributed by atoms with E-state index in [0.717, 1.165) is 38.8 Å². The van der Waals surface area contributed by atoms with Gasteiger partial charge in [0.2, 0.25) is 5.91 Å². The van der Waals surface area contributed by atoms with Gasteiger partial charge in [-0.25, -0.2) is 0 Å². The van der Waals surface area contributed by atoms with Gasteiger partial charge >= 0.3 is 0 Å². The van der Waals surface area contributed by atoms with Crippen molar-refractivity contribution in [2.24, 2.45) is 0 Å². The molecule has 0 spiro atoms. The van der Waals surface area contributed by atoms with Gasteiger partial charge in [0.05, 0.1) is 31.9 Å². The van der Waals surface area contributed by atoms with Gasteiger partial charge in [-0.1, -0.05) is 6.42 Å². The Morgan fingerprint density at radius 2 is 1.90 bits per heavy atom. The van der Waals surface area contributed by atoms with Crippen molar-refractivity contribution in [3.63, 3.8) is 0 Å². The lowest BCUT2D eigenvalue weighted by atomic mass is 10.0. The standard InChI is InChI=1S/C15H26N2O4/c18-14(16-10-12-4-3-7-19-12)11-17-6-2-1-5-13(17)15-20-8-9-21-15/h12-13,15H,1-11H2,(H,16,18). The molecule has 3 rings (SSSR count). The molecule has 3 saturated heterocycles. The molecule has 0 aromatic carbocycles. The van der Waals surface area contributed by atoms with Gasteiger partial charge in [-0.3, -0.25) is 9.69 Å². The first-order chi connectivity index (χ1) is 10.3.